The Hall–Kier alpha value is -3.66. The number of hydrogen-bond donors (Lipinski definition) is 2. The monoisotopic (exact) mass is 485 g/mol. The SMILES string of the molecule is CNC(=O)c1cc(C(=O)NCCOC(=O)N2CCOCC2)cc2c1OC(CF)C2c1ccccc1. The fraction of sp³-hybridized carbons (Fsp3) is 0.400. The van der Waals surface area contributed by atoms with Crippen LogP contribution >= 0.6 is 0 Å². The number of halogens is 1. The Kier molecular flexibility index (Phi) is 7.81. The maximum atomic E-state index is 13.9. The summed E-state index contributed by atoms with van der Waals surface area (Å²) >= 11 is 0. The van der Waals surface area contributed by atoms with Crippen LogP contribution in [0.1, 0.15) is 37.8 Å². The summed E-state index contributed by atoms with van der Waals surface area (Å²) in [5, 5.41) is 5.25. The summed E-state index contributed by atoms with van der Waals surface area (Å²) in [5.74, 6) is -1.09. The van der Waals surface area contributed by atoms with Gasteiger partial charge in [0.2, 0.25) is 0 Å². The van der Waals surface area contributed by atoms with Gasteiger partial charge in [0.1, 0.15) is 25.1 Å². The smallest absolute Gasteiger partial charge is 0.409 e. The lowest BCUT2D eigenvalue weighted by molar-refractivity contribution is 0.0274. The zero-order valence-corrected chi connectivity index (χ0v) is 19.4. The molecule has 1 fully saturated rings. The van der Waals surface area contributed by atoms with Crippen LogP contribution in [-0.4, -0.2) is 82.1 Å². The van der Waals surface area contributed by atoms with Crippen molar-refractivity contribution in [2.45, 2.75) is 12.0 Å². The number of hydrogen-bond acceptors (Lipinski definition) is 6. The molecule has 2 aliphatic heterocycles. The number of fused-ring (bicyclic) bond motifs is 1. The van der Waals surface area contributed by atoms with Crippen molar-refractivity contribution in [3.05, 3.63) is 64.7 Å². The van der Waals surface area contributed by atoms with E-state index in [0.29, 0.717) is 31.9 Å². The van der Waals surface area contributed by atoms with Gasteiger partial charge in [-0.25, -0.2) is 9.18 Å². The van der Waals surface area contributed by atoms with E-state index in [0.717, 1.165) is 5.56 Å². The summed E-state index contributed by atoms with van der Waals surface area (Å²) in [5.41, 5.74) is 1.78. The lowest BCUT2D eigenvalue weighted by atomic mass is 9.86. The molecule has 2 aromatic rings. The van der Waals surface area contributed by atoms with Gasteiger partial charge in [0, 0.05) is 31.3 Å². The molecule has 1 saturated heterocycles. The highest BCUT2D eigenvalue weighted by Gasteiger charge is 2.39. The summed E-state index contributed by atoms with van der Waals surface area (Å²) in [6.07, 6.45) is -1.27. The number of carbonyl (C=O) groups is 3. The van der Waals surface area contributed by atoms with Gasteiger partial charge in [-0.1, -0.05) is 30.3 Å². The second-order valence-corrected chi connectivity index (χ2v) is 8.19. The van der Waals surface area contributed by atoms with E-state index in [1.807, 2.05) is 30.3 Å². The molecule has 0 radical (unpaired) electrons. The van der Waals surface area contributed by atoms with E-state index in [1.165, 1.54) is 13.1 Å². The predicted molar refractivity (Wildman–Crippen MR) is 125 cm³/mol. The predicted octanol–water partition coefficient (Wildman–Crippen LogP) is 2.11. The molecule has 4 rings (SSSR count). The zero-order chi connectivity index (χ0) is 24.8. The lowest BCUT2D eigenvalue weighted by Crippen LogP contribution is -2.41. The molecule has 35 heavy (non-hydrogen) atoms. The van der Waals surface area contributed by atoms with Crippen molar-refractivity contribution in [1.29, 1.82) is 0 Å². The molecule has 0 saturated carbocycles. The first-order valence-electron chi connectivity index (χ1n) is 11.5. The maximum Gasteiger partial charge on any atom is 0.409 e. The molecule has 0 aliphatic carbocycles. The highest BCUT2D eigenvalue weighted by molar-refractivity contribution is 6.02. The highest BCUT2D eigenvalue weighted by atomic mass is 19.1. The second kappa shape index (κ2) is 11.2. The van der Waals surface area contributed by atoms with Crippen LogP contribution in [0.3, 0.4) is 0 Å². The lowest BCUT2D eigenvalue weighted by Gasteiger charge is -2.25. The average molecular weight is 486 g/mol. The molecule has 2 unspecified atom stereocenters. The van der Waals surface area contributed by atoms with Crippen molar-refractivity contribution in [1.82, 2.24) is 15.5 Å². The van der Waals surface area contributed by atoms with Crippen LogP contribution in [0.25, 0.3) is 0 Å². The number of carbonyl (C=O) groups excluding carboxylic acids is 3. The summed E-state index contributed by atoms with van der Waals surface area (Å²) in [7, 11) is 1.47. The molecule has 9 nitrogen and oxygen atoms in total. The molecule has 2 aromatic carbocycles. The van der Waals surface area contributed by atoms with Crippen LogP contribution in [0.15, 0.2) is 42.5 Å². The average Bonchev–Trinajstić information content (AvgIpc) is 3.29. The van der Waals surface area contributed by atoms with Crippen molar-refractivity contribution in [2.24, 2.45) is 0 Å². The third kappa shape index (κ3) is 5.37. The Bertz CT molecular complexity index is 1070. The van der Waals surface area contributed by atoms with E-state index in [1.54, 1.807) is 11.0 Å². The minimum atomic E-state index is -0.811. The Labute approximate surface area is 202 Å². The van der Waals surface area contributed by atoms with Crippen LogP contribution < -0.4 is 15.4 Å². The van der Waals surface area contributed by atoms with E-state index in [9.17, 15) is 18.8 Å². The molecule has 2 aliphatic rings. The van der Waals surface area contributed by atoms with Gasteiger partial charge in [0.25, 0.3) is 11.8 Å². The van der Waals surface area contributed by atoms with E-state index >= 15 is 0 Å². The number of rotatable bonds is 7. The van der Waals surface area contributed by atoms with Gasteiger partial charge in [-0.05, 0) is 17.7 Å². The van der Waals surface area contributed by atoms with Crippen LogP contribution in [0, 0.1) is 0 Å². The van der Waals surface area contributed by atoms with E-state index in [2.05, 4.69) is 10.6 Å². The Morgan fingerprint density at radius 1 is 1.11 bits per heavy atom. The van der Waals surface area contributed by atoms with E-state index in [4.69, 9.17) is 14.2 Å². The normalized spacial score (nSPS) is 18.9. The standard InChI is InChI=1S/C25H28FN3O6/c1-27-24(31)19-14-17(23(30)28-7-10-34-25(32)29-8-11-33-12-9-29)13-18-21(16-5-3-2-4-6-16)20(15-26)35-22(18)19/h2-6,13-14,20-21H,7-12,15H2,1H3,(H,27,31)(H,28,30). The summed E-state index contributed by atoms with van der Waals surface area (Å²) in [6, 6.07) is 12.3. The Balaban J connectivity index is 1.50. The van der Waals surface area contributed by atoms with Crippen LogP contribution in [0.4, 0.5) is 9.18 Å². The van der Waals surface area contributed by atoms with Crippen molar-refractivity contribution >= 4 is 17.9 Å². The van der Waals surface area contributed by atoms with Crippen molar-refractivity contribution < 1.29 is 33.0 Å². The number of morpholine rings is 1. The molecule has 0 bridgehead atoms. The van der Waals surface area contributed by atoms with Gasteiger partial charge >= 0.3 is 6.09 Å². The van der Waals surface area contributed by atoms with Gasteiger partial charge in [-0.2, -0.15) is 0 Å². The van der Waals surface area contributed by atoms with Gasteiger partial charge in [-0.15, -0.1) is 0 Å². The van der Waals surface area contributed by atoms with Crippen molar-refractivity contribution in [2.75, 3.05) is 53.2 Å². The summed E-state index contributed by atoms with van der Waals surface area (Å²) in [6.45, 7) is 1.20. The fourth-order valence-corrected chi connectivity index (χ4v) is 4.29. The van der Waals surface area contributed by atoms with Crippen LogP contribution in [0.5, 0.6) is 5.75 Å². The topological polar surface area (TPSA) is 106 Å². The maximum absolute atomic E-state index is 13.9. The quantitative estimate of drug-likeness (QED) is 0.582. The molecular formula is C25H28FN3O6. The van der Waals surface area contributed by atoms with Crippen molar-refractivity contribution in [3.63, 3.8) is 0 Å². The highest BCUT2D eigenvalue weighted by Crippen LogP contribution is 2.45. The van der Waals surface area contributed by atoms with Gasteiger partial charge in [0.05, 0.1) is 31.2 Å². The molecule has 186 valence electrons. The number of benzene rings is 2. The largest absolute Gasteiger partial charge is 0.486 e. The molecule has 0 spiro atoms. The molecular weight excluding hydrogens is 457 g/mol. The number of ether oxygens (including phenoxy) is 3. The molecule has 0 aromatic heterocycles. The first-order valence-corrected chi connectivity index (χ1v) is 11.5. The van der Waals surface area contributed by atoms with Gasteiger partial charge < -0.3 is 29.7 Å². The summed E-state index contributed by atoms with van der Waals surface area (Å²) < 4.78 is 30.2. The number of alkyl halides is 1. The first kappa shape index (κ1) is 24.5. The van der Waals surface area contributed by atoms with Gasteiger partial charge in [-0.3, -0.25) is 9.59 Å². The van der Waals surface area contributed by atoms with E-state index < -0.39 is 36.6 Å². The Morgan fingerprint density at radius 2 is 1.86 bits per heavy atom. The molecule has 2 heterocycles. The molecule has 3 amide bonds. The minimum absolute atomic E-state index is 0.00511. The number of nitrogens with one attached hydrogen (secondary N) is 2. The Morgan fingerprint density at radius 3 is 2.54 bits per heavy atom. The van der Waals surface area contributed by atoms with Crippen LogP contribution in [-0.2, 0) is 9.47 Å². The molecule has 10 heteroatoms. The van der Waals surface area contributed by atoms with Gasteiger partial charge in [0.15, 0.2) is 0 Å². The second-order valence-electron chi connectivity index (χ2n) is 8.19. The molecule has 2 N–H and O–H groups in total. The van der Waals surface area contributed by atoms with Crippen LogP contribution in [0.2, 0.25) is 0 Å². The molecule has 2 atom stereocenters. The number of amides is 3. The minimum Gasteiger partial charge on any atom is -0.486 e. The zero-order valence-electron chi connectivity index (χ0n) is 19.4. The van der Waals surface area contributed by atoms with E-state index in [-0.39, 0.29) is 30.0 Å². The third-order valence-corrected chi connectivity index (χ3v) is 6.02. The summed E-state index contributed by atoms with van der Waals surface area (Å²) in [4.78, 5) is 39.1. The first-order chi connectivity index (χ1) is 17.0. The number of nitrogens with zero attached hydrogens (tertiary/aromatic N) is 1. The third-order valence-electron chi connectivity index (χ3n) is 6.02. The van der Waals surface area contributed by atoms with Crippen molar-refractivity contribution in [3.8, 4) is 5.75 Å². The fourth-order valence-electron chi connectivity index (χ4n) is 4.29.